The van der Waals surface area contributed by atoms with E-state index in [1.165, 1.54) is 0 Å². The van der Waals surface area contributed by atoms with E-state index in [4.69, 9.17) is 82.8 Å². The third-order valence-corrected chi connectivity index (χ3v) is 0. The average Bonchev–Trinajstić information content (AvgIpc) is 2.45. The molecule has 0 aromatic heterocycles. The van der Waals surface area contributed by atoms with Gasteiger partial charge in [0, 0.05) is 0 Å². The third kappa shape index (κ3) is 449. The van der Waals surface area contributed by atoms with Crippen LogP contribution >= 0.6 is 0 Å². The van der Waals surface area contributed by atoms with Crippen molar-refractivity contribution >= 4 is 0 Å². The maximum atomic E-state index is 6.25. The summed E-state index contributed by atoms with van der Waals surface area (Å²) in [6.07, 6.45) is 0. The third-order valence-electron chi connectivity index (χ3n) is 0. The molecule has 14 heteroatoms. The van der Waals surface area contributed by atoms with Crippen molar-refractivity contribution in [2.45, 2.75) is 0 Å². The quantitative estimate of drug-likeness (QED) is 0.233. The van der Waals surface area contributed by atoms with Crippen LogP contribution in [0.3, 0.4) is 0 Å². The number of hydrogen-bond acceptors (Lipinski definition) is 7. The van der Waals surface area contributed by atoms with Gasteiger partial charge in [0.15, 0.2) is 0 Å². The molecule has 0 N–H and O–H groups in total. The molecule has 0 aliphatic carbocycles. The van der Waals surface area contributed by atoms with E-state index in [-0.39, 0.29) is 291 Å². The number of rotatable bonds is 0. The maximum absolute atomic E-state index is 6.25. The molecule has 0 spiro atoms. The Labute approximate surface area is 362 Å². The van der Waals surface area contributed by atoms with Crippen LogP contribution in [0.5, 0.6) is 0 Å². The van der Waals surface area contributed by atoms with Crippen LogP contribution in [0.15, 0.2) is 0 Å². The first kappa shape index (κ1) is 110. The minimum atomic E-state index is 0. The minimum Gasteiger partial charge on any atom is -0.512 e. The Morgan fingerprint density at radius 1 is 0.238 bits per heavy atom. The zero-order chi connectivity index (χ0) is 14.0. The van der Waals surface area contributed by atoms with Crippen molar-refractivity contribution in [1.29, 1.82) is 36.8 Å². The standard InChI is InChI=1S/7CN.2Cu.5K/c7*1-2;;;;;;;/q7*-1;7*+1. The van der Waals surface area contributed by atoms with Gasteiger partial charge in [-0.25, -0.2) is 0 Å². The van der Waals surface area contributed by atoms with Crippen LogP contribution in [0.25, 0.3) is 0 Å². The van der Waals surface area contributed by atoms with Gasteiger partial charge in [-0.1, -0.05) is 0 Å². The van der Waals surface area contributed by atoms with E-state index in [2.05, 4.69) is 0 Å². The fraction of sp³-hybridized carbons (Fsp3) is 0. The summed E-state index contributed by atoms with van der Waals surface area (Å²) in [5.74, 6) is 0. The van der Waals surface area contributed by atoms with Gasteiger partial charge in [-0.15, -0.1) is 0 Å². The van der Waals surface area contributed by atoms with Crippen molar-refractivity contribution in [3.63, 3.8) is 0 Å². The normalized spacial score (nSPS) is 0.667. The zero-order valence-corrected chi connectivity index (χ0v) is 29.7. The molecule has 7 nitrogen and oxygen atoms in total. The molecule has 0 aromatic rings. The van der Waals surface area contributed by atoms with E-state index in [0.29, 0.717) is 0 Å². The second-order valence-corrected chi connectivity index (χ2v) is 0. The molecule has 0 atom stereocenters. The van der Waals surface area contributed by atoms with Crippen molar-refractivity contribution < 1.29 is 291 Å². The topological polar surface area (TPSA) is 167 Å². The SMILES string of the molecule is [C-]#N.[C-]#N.[C-]#N.[C-]#N.[C-]#N.[C-]#N.[C-]#N.[Cu+].[Cu+].[K+].[K+].[K+].[K+].[K+]. The predicted octanol–water partition coefficient (Wildman–Crippen LogP) is -14.3. The summed E-state index contributed by atoms with van der Waals surface area (Å²) in [4.78, 5) is 0. The first-order valence-corrected chi connectivity index (χ1v) is 1.57. The van der Waals surface area contributed by atoms with Gasteiger partial charge in [-0.05, 0) is 0 Å². The van der Waals surface area contributed by atoms with Gasteiger partial charge in [0.25, 0.3) is 0 Å². The smallest absolute Gasteiger partial charge is 0.512 e. The van der Waals surface area contributed by atoms with Crippen molar-refractivity contribution in [2.24, 2.45) is 0 Å². The molecule has 0 saturated carbocycles. The predicted molar refractivity (Wildman–Crippen MR) is 34.8 cm³/mol. The van der Waals surface area contributed by atoms with Gasteiger partial charge in [-0.3, -0.25) is 0 Å². The Morgan fingerprint density at radius 2 is 0.238 bits per heavy atom. The van der Waals surface area contributed by atoms with Crippen molar-refractivity contribution in [1.82, 2.24) is 0 Å². The van der Waals surface area contributed by atoms with Crippen molar-refractivity contribution in [3.8, 4) is 0 Å². The van der Waals surface area contributed by atoms with Crippen LogP contribution in [-0.2, 0) is 34.1 Å². The Bertz CT molecular complexity index is 132. The number of nitrogens with zero attached hydrogens (tertiary/aromatic N) is 7. The van der Waals surface area contributed by atoms with Crippen LogP contribution in [0, 0.1) is 82.8 Å². The van der Waals surface area contributed by atoms with Gasteiger partial charge >= 0.3 is 291 Å². The van der Waals surface area contributed by atoms with Crippen LogP contribution in [0.2, 0.25) is 0 Å². The van der Waals surface area contributed by atoms with Gasteiger partial charge in [0.1, 0.15) is 0 Å². The largest absolute Gasteiger partial charge is 1.00 e. The van der Waals surface area contributed by atoms with Crippen molar-refractivity contribution in [2.75, 3.05) is 0 Å². The second-order valence-electron chi connectivity index (χ2n) is 0. The van der Waals surface area contributed by atoms with E-state index >= 15 is 0 Å². The van der Waals surface area contributed by atoms with E-state index < -0.39 is 0 Å². The minimum absolute atomic E-state index is 0. The molecule has 0 heterocycles. The van der Waals surface area contributed by atoms with Crippen LogP contribution in [0.4, 0.5) is 0 Å². The van der Waals surface area contributed by atoms with Gasteiger partial charge in [0.2, 0.25) is 0 Å². The fourth-order valence-corrected chi connectivity index (χ4v) is 0. The average molecular weight is 505 g/mol. The van der Waals surface area contributed by atoms with E-state index in [9.17, 15) is 0 Å². The molecule has 0 amide bonds. The molecule has 0 unspecified atom stereocenters. The molecule has 0 bridgehead atoms. The van der Waals surface area contributed by atoms with E-state index in [1.54, 1.807) is 0 Å². The molecular formula is C7Cu2K5N7. The molecule has 21 heavy (non-hydrogen) atoms. The molecule has 0 rings (SSSR count). The Kier molecular flexibility index (Phi) is 2550. The van der Waals surface area contributed by atoms with Crippen LogP contribution in [0.1, 0.15) is 0 Å². The maximum Gasteiger partial charge on any atom is 1.00 e. The molecule has 0 aliphatic heterocycles. The molecule has 0 aromatic carbocycles. The molecule has 0 radical (unpaired) electrons. The first-order chi connectivity index (χ1) is 7.00. The number of hydrogen-bond donors (Lipinski definition) is 0. The molecule has 0 aliphatic rings. The van der Waals surface area contributed by atoms with Crippen LogP contribution < -0.4 is 257 Å². The van der Waals surface area contributed by atoms with Crippen molar-refractivity contribution in [3.05, 3.63) is 46.0 Å². The molecule has 0 fully saturated rings. The summed E-state index contributed by atoms with van der Waals surface area (Å²) in [5, 5.41) is 43.8. The van der Waals surface area contributed by atoms with Crippen LogP contribution in [-0.4, -0.2) is 0 Å². The molecular weight excluding hydrogens is 505 g/mol. The monoisotopic (exact) mass is 503 g/mol. The Morgan fingerprint density at radius 3 is 0.238 bits per heavy atom. The summed E-state index contributed by atoms with van der Waals surface area (Å²) < 4.78 is 0. The van der Waals surface area contributed by atoms with Gasteiger partial charge < -0.3 is 82.8 Å². The summed E-state index contributed by atoms with van der Waals surface area (Å²) in [5.41, 5.74) is 0. The summed E-state index contributed by atoms with van der Waals surface area (Å²) in [6.45, 7) is 33.2. The van der Waals surface area contributed by atoms with Gasteiger partial charge in [0.05, 0.1) is 0 Å². The zero-order valence-electron chi connectivity index (χ0n) is 12.2. The Balaban J connectivity index is -0.00000000215. The van der Waals surface area contributed by atoms with E-state index in [1.807, 2.05) is 0 Å². The van der Waals surface area contributed by atoms with E-state index in [0.717, 1.165) is 0 Å². The molecule has 90 valence electrons. The summed E-state index contributed by atoms with van der Waals surface area (Å²) in [7, 11) is 0. The first-order valence-electron chi connectivity index (χ1n) is 1.57. The molecule has 0 saturated heterocycles. The fourth-order valence-electron chi connectivity index (χ4n) is 0. The van der Waals surface area contributed by atoms with Gasteiger partial charge in [-0.2, -0.15) is 0 Å². The Hall–Kier alpha value is 5.65. The summed E-state index contributed by atoms with van der Waals surface area (Å²) in [6, 6.07) is 0. The summed E-state index contributed by atoms with van der Waals surface area (Å²) >= 11 is 0. The second kappa shape index (κ2) is 488.